The second-order valence-corrected chi connectivity index (χ2v) is 7.93. The van der Waals surface area contributed by atoms with Gasteiger partial charge in [-0.15, -0.1) is 0 Å². The molecule has 146 valence electrons. The summed E-state index contributed by atoms with van der Waals surface area (Å²) >= 11 is 0. The first-order chi connectivity index (χ1) is 13.6. The Bertz CT molecular complexity index is 963. The summed E-state index contributed by atoms with van der Waals surface area (Å²) in [5, 5.41) is 0. The maximum Gasteiger partial charge on any atom is 0.244 e. The molecule has 2 unspecified atom stereocenters. The molecule has 4 rings (SSSR count). The van der Waals surface area contributed by atoms with E-state index in [9.17, 15) is 4.79 Å². The molecule has 5 heteroatoms. The van der Waals surface area contributed by atoms with Crippen molar-refractivity contribution in [2.45, 2.75) is 44.7 Å². The van der Waals surface area contributed by atoms with Crippen LogP contribution in [0, 0.1) is 0 Å². The van der Waals surface area contributed by atoms with Gasteiger partial charge in [-0.2, -0.15) is 0 Å². The normalized spacial score (nSPS) is 18.6. The van der Waals surface area contributed by atoms with E-state index in [4.69, 9.17) is 10.7 Å². The van der Waals surface area contributed by atoms with E-state index < -0.39 is 6.04 Å². The number of piperidine rings is 1. The van der Waals surface area contributed by atoms with E-state index in [0.717, 1.165) is 41.8 Å². The van der Waals surface area contributed by atoms with Crippen molar-refractivity contribution < 1.29 is 4.79 Å². The van der Waals surface area contributed by atoms with Crippen molar-refractivity contribution in [1.82, 2.24) is 14.5 Å². The maximum atomic E-state index is 13.0. The number of benzene rings is 2. The highest BCUT2D eigenvalue weighted by molar-refractivity contribution is 5.83. The number of para-hydroxylation sites is 2. The smallest absolute Gasteiger partial charge is 0.244 e. The summed E-state index contributed by atoms with van der Waals surface area (Å²) in [6.07, 6.45) is 2.01. The number of amides is 1. The number of hydrogen-bond acceptors (Lipinski definition) is 3. The van der Waals surface area contributed by atoms with Crippen LogP contribution in [0.15, 0.2) is 54.6 Å². The zero-order valence-corrected chi connectivity index (χ0v) is 16.6. The lowest BCUT2D eigenvalue weighted by Gasteiger charge is -2.34. The highest BCUT2D eigenvalue weighted by atomic mass is 16.2. The van der Waals surface area contributed by atoms with Crippen molar-refractivity contribution in [3.63, 3.8) is 0 Å². The Morgan fingerprint density at radius 1 is 1.11 bits per heavy atom. The third-order valence-corrected chi connectivity index (χ3v) is 5.66. The molecule has 0 aliphatic carbocycles. The third-order valence-electron chi connectivity index (χ3n) is 5.66. The van der Waals surface area contributed by atoms with Crippen LogP contribution in [0.4, 0.5) is 0 Å². The Labute approximate surface area is 166 Å². The van der Waals surface area contributed by atoms with Gasteiger partial charge in [-0.05, 0) is 44.4 Å². The summed E-state index contributed by atoms with van der Waals surface area (Å²) in [6.45, 7) is 5.82. The average Bonchev–Trinajstić information content (AvgIpc) is 3.13. The van der Waals surface area contributed by atoms with E-state index in [1.807, 2.05) is 41.3 Å². The number of nitrogens with two attached hydrogens (primary N) is 1. The number of hydrogen-bond donors (Lipinski definition) is 1. The van der Waals surface area contributed by atoms with Crippen LogP contribution in [0.5, 0.6) is 0 Å². The minimum atomic E-state index is -0.608. The summed E-state index contributed by atoms with van der Waals surface area (Å²) in [5.74, 6) is 1.32. The summed E-state index contributed by atoms with van der Waals surface area (Å²) in [7, 11) is 0. The predicted octanol–water partition coefficient (Wildman–Crippen LogP) is 4.02. The lowest BCUT2D eigenvalue weighted by molar-refractivity contribution is -0.134. The molecule has 1 saturated heterocycles. The SMILES string of the molecule is CC(C)n1c(C2CCCN(C(=O)C(N)c3ccccc3)C2)nc2ccccc21. The van der Waals surface area contributed by atoms with Gasteiger partial charge in [-0.3, -0.25) is 4.79 Å². The van der Waals surface area contributed by atoms with Gasteiger partial charge in [0.25, 0.3) is 0 Å². The molecule has 3 aromatic rings. The predicted molar refractivity (Wildman–Crippen MR) is 112 cm³/mol. The molecule has 1 amide bonds. The van der Waals surface area contributed by atoms with Gasteiger partial charge >= 0.3 is 0 Å². The van der Waals surface area contributed by atoms with E-state index in [1.165, 1.54) is 0 Å². The molecule has 2 N–H and O–H groups in total. The minimum absolute atomic E-state index is 0.00288. The second-order valence-electron chi connectivity index (χ2n) is 7.93. The summed E-state index contributed by atoms with van der Waals surface area (Å²) in [4.78, 5) is 19.9. The van der Waals surface area contributed by atoms with E-state index >= 15 is 0 Å². The Balaban J connectivity index is 1.60. The number of fused-ring (bicyclic) bond motifs is 1. The van der Waals surface area contributed by atoms with Crippen LogP contribution in [0.1, 0.15) is 56.1 Å². The maximum absolute atomic E-state index is 13.0. The number of carbonyl (C=O) groups excluding carboxylic acids is 1. The van der Waals surface area contributed by atoms with Crippen LogP contribution in [0.2, 0.25) is 0 Å². The fourth-order valence-corrected chi connectivity index (χ4v) is 4.28. The molecule has 28 heavy (non-hydrogen) atoms. The summed E-state index contributed by atoms with van der Waals surface area (Å²) in [6, 6.07) is 17.6. The van der Waals surface area contributed by atoms with Crippen molar-refractivity contribution >= 4 is 16.9 Å². The molecule has 1 aromatic heterocycles. The third kappa shape index (κ3) is 3.42. The molecule has 2 aromatic carbocycles. The molecular weight excluding hydrogens is 348 g/mol. The van der Waals surface area contributed by atoms with Crippen LogP contribution < -0.4 is 5.73 Å². The average molecular weight is 377 g/mol. The number of rotatable bonds is 4. The topological polar surface area (TPSA) is 64.2 Å². The quantitative estimate of drug-likeness (QED) is 0.748. The van der Waals surface area contributed by atoms with Gasteiger partial charge < -0.3 is 15.2 Å². The van der Waals surface area contributed by atoms with E-state index in [1.54, 1.807) is 0 Å². The zero-order chi connectivity index (χ0) is 19.7. The molecule has 1 aliphatic rings. The van der Waals surface area contributed by atoms with Crippen molar-refractivity contribution in [2.75, 3.05) is 13.1 Å². The highest BCUT2D eigenvalue weighted by Crippen LogP contribution is 2.32. The molecule has 0 bridgehead atoms. The Morgan fingerprint density at radius 2 is 1.82 bits per heavy atom. The summed E-state index contributed by atoms with van der Waals surface area (Å²) in [5.41, 5.74) is 9.33. The van der Waals surface area contributed by atoms with Crippen molar-refractivity contribution in [3.05, 3.63) is 66.0 Å². The fourth-order valence-electron chi connectivity index (χ4n) is 4.28. The van der Waals surface area contributed by atoms with Crippen LogP contribution >= 0.6 is 0 Å². The van der Waals surface area contributed by atoms with Crippen LogP contribution in [-0.2, 0) is 4.79 Å². The second kappa shape index (κ2) is 7.76. The van der Waals surface area contributed by atoms with E-state index in [2.05, 4.69) is 36.6 Å². The Hall–Kier alpha value is -2.66. The van der Waals surface area contributed by atoms with Crippen molar-refractivity contribution in [3.8, 4) is 0 Å². The van der Waals surface area contributed by atoms with Crippen molar-refractivity contribution in [2.24, 2.45) is 5.73 Å². The molecule has 2 atom stereocenters. The Morgan fingerprint density at radius 3 is 2.57 bits per heavy atom. The minimum Gasteiger partial charge on any atom is -0.340 e. The number of nitrogens with zero attached hydrogens (tertiary/aromatic N) is 3. The first kappa shape index (κ1) is 18.7. The standard InChI is InChI=1S/C23H28N4O/c1-16(2)27-20-13-7-6-12-19(20)25-22(27)18-11-8-14-26(15-18)23(28)21(24)17-9-4-3-5-10-17/h3-7,9-10,12-13,16,18,21H,8,11,14-15,24H2,1-2H3. The van der Waals surface area contributed by atoms with Crippen LogP contribution in [-0.4, -0.2) is 33.4 Å². The number of aromatic nitrogens is 2. The molecule has 2 heterocycles. The molecule has 0 saturated carbocycles. The van der Waals surface area contributed by atoms with E-state index in [-0.39, 0.29) is 11.8 Å². The molecular formula is C23H28N4O. The largest absolute Gasteiger partial charge is 0.340 e. The number of imidazole rings is 1. The Kier molecular flexibility index (Phi) is 5.18. The number of carbonyl (C=O) groups is 1. The van der Waals surface area contributed by atoms with E-state index in [0.29, 0.717) is 12.6 Å². The first-order valence-corrected chi connectivity index (χ1v) is 10.1. The lowest BCUT2D eigenvalue weighted by atomic mass is 9.95. The van der Waals surface area contributed by atoms with Gasteiger partial charge in [0.2, 0.25) is 5.91 Å². The molecule has 0 spiro atoms. The molecule has 1 fully saturated rings. The van der Waals surface area contributed by atoms with Gasteiger partial charge in [-0.1, -0.05) is 42.5 Å². The van der Waals surface area contributed by atoms with Gasteiger partial charge in [0, 0.05) is 25.0 Å². The van der Waals surface area contributed by atoms with Gasteiger partial charge in [-0.25, -0.2) is 4.98 Å². The van der Waals surface area contributed by atoms with Gasteiger partial charge in [0.1, 0.15) is 11.9 Å². The summed E-state index contributed by atoms with van der Waals surface area (Å²) < 4.78 is 2.32. The molecule has 1 aliphatic heterocycles. The fraction of sp³-hybridized carbons (Fsp3) is 0.391. The monoisotopic (exact) mass is 376 g/mol. The molecule has 5 nitrogen and oxygen atoms in total. The zero-order valence-electron chi connectivity index (χ0n) is 16.6. The van der Waals surface area contributed by atoms with Crippen LogP contribution in [0.3, 0.4) is 0 Å². The number of likely N-dealkylation sites (tertiary alicyclic amines) is 1. The van der Waals surface area contributed by atoms with Gasteiger partial charge in [0.15, 0.2) is 0 Å². The van der Waals surface area contributed by atoms with Crippen LogP contribution in [0.25, 0.3) is 11.0 Å². The first-order valence-electron chi connectivity index (χ1n) is 10.1. The van der Waals surface area contributed by atoms with Gasteiger partial charge in [0.05, 0.1) is 11.0 Å². The lowest BCUT2D eigenvalue weighted by Crippen LogP contribution is -2.44. The molecule has 0 radical (unpaired) electrons. The highest BCUT2D eigenvalue weighted by Gasteiger charge is 2.31. The van der Waals surface area contributed by atoms with Crippen molar-refractivity contribution in [1.29, 1.82) is 0 Å².